The smallest absolute Gasteiger partial charge is 0.247 e. The highest BCUT2D eigenvalue weighted by Crippen LogP contribution is 2.35. The lowest BCUT2D eigenvalue weighted by Gasteiger charge is -2.11. The largest absolute Gasteiger partial charge is 0.416 e. The monoisotopic (exact) mass is 305 g/mol. The van der Waals surface area contributed by atoms with E-state index in [9.17, 15) is 13.2 Å². The molecule has 0 atom stereocenters. The van der Waals surface area contributed by atoms with Crippen LogP contribution < -0.4 is 0 Å². The van der Waals surface area contributed by atoms with Gasteiger partial charge in [0, 0.05) is 5.56 Å². The van der Waals surface area contributed by atoms with Crippen LogP contribution in [0.15, 0.2) is 60.0 Å². The summed E-state index contributed by atoms with van der Waals surface area (Å²) in [6.45, 7) is 0. The van der Waals surface area contributed by atoms with Crippen molar-refractivity contribution >= 4 is 11.3 Å². The fourth-order valence-electron chi connectivity index (χ4n) is 2.00. The second-order valence-corrected chi connectivity index (χ2v) is 5.42. The maximum Gasteiger partial charge on any atom is 0.416 e. The molecule has 0 spiro atoms. The Morgan fingerprint density at radius 1 is 0.857 bits per heavy atom. The third-order valence-corrected chi connectivity index (χ3v) is 3.89. The average molecular weight is 305 g/mol. The van der Waals surface area contributed by atoms with Gasteiger partial charge in [-0.25, -0.2) is 4.98 Å². The molecule has 2 heterocycles. The molecule has 5 heteroatoms. The van der Waals surface area contributed by atoms with Gasteiger partial charge in [0.05, 0.1) is 21.8 Å². The molecule has 2 aromatic heterocycles. The van der Waals surface area contributed by atoms with Crippen LogP contribution in [0.25, 0.3) is 21.8 Å². The minimum Gasteiger partial charge on any atom is -0.247 e. The normalized spacial score (nSPS) is 11.6. The van der Waals surface area contributed by atoms with Crippen molar-refractivity contribution < 1.29 is 13.2 Å². The summed E-state index contributed by atoms with van der Waals surface area (Å²) < 4.78 is 39.2. The van der Waals surface area contributed by atoms with E-state index < -0.39 is 11.7 Å². The molecule has 1 aromatic carbocycles. The maximum atomic E-state index is 13.1. The highest BCUT2D eigenvalue weighted by molar-refractivity contribution is 7.13. The van der Waals surface area contributed by atoms with Gasteiger partial charge in [-0.1, -0.05) is 36.4 Å². The second-order valence-electron chi connectivity index (χ2n) is 4.47. The fraction of sp³-hybridized carbons (Fsp3) is 0.0625. The lowest BCUT2D eigenvalue weighted by molar-refractivity contribution is -0.137. The Labute approximate surface area is 123 Å². The Bertz CT molecular complexity index is 734. The van der Waals surface area contributed by atoms with Gasteiger partial charge in [0.2, 0.25) is 0 Å². The molecule has 0 aliphatic heterocycles. The molecule has 106 valence electrons. The predicted molar refractivity (Wildman–Crippen MR) is 78.0 cm³/mol. The summed E-state index contributed by atoms with van der Waals surface area (Å²) in [5, 5.41) is 1.82. The van der Waals surface area contributed by atoms with Gasteiger partial charge in [0.25, 0.3) is 0 Å². The molecule has 0 aliphatic carbocycles. The number of hydrogen-bond acceptors (Lipinski definition) is 2. The van der Waals surface area contributed by atoms with Crippen LogP contribution in [-0.4, -0.2) is 4.98 Å². The van der Waals surface area contributed by atoms with Gasteiger partial charge in [-0.2, -0.15) is 13.2 Å². The summed E-state index contributed by atoms with van der Waals surface area (Å²) in [4.78, 5) is 5.09. The van der Waals surface area contributed by atoms with Gasteiger partial charge in [0.1, 0.15) is 0 Å². The first-order valence-electron chi connectivity index (χ1n) is 6.22. The van der Waals surface area contributed by atoms with Crippen LogP contribution in [0.1, 0.15) is 5.56 Å². The van der Waals surface area contributed by atoms with Gasteiger partial charge in [-0.05, 0) is 23.6 Å². The lowest BCUT2D eigenvalue weighted by atomic mass is 10.1. The van der Waals surface area contributed by atoms with Gasteiger partial charge >= 0.3 is 6.18 Å². The van der Waals surface area contributed by atoms with Crippen LogP contribution in [0.4, 0.5) is 13.2 Å². The molecule has 0 unspecified atom stereocenters. The standard InChI is InChI=1S/C16H10F3NS/c17-16(18,19)12-9-13(11-5-2-1-3-6-11)20-14(10-12)15-7-4-8-21-15/h1-10H. The Morgan fingerprint density at radius 2 is 1.57 bits per heavy atom. The zero-order valence-electron chi connectivity index (χ0n) is 10.8. The summed E-state index contributed by atoms with van der Waals surface area (Å²) >= 11 is 1.37. The van der Waals surface area contributed by atoms with E-state index in [-0.39, 0.29) is 0 Å². The molecule has 21 heavy (non-hydrogen) atoms. The Hall–Kier alpha value is -2.14. The van der Waals surface area contributed by atoms with Crippen molar-refractivity contribution in [1.29, 1.82) is 0 Å². The third kappa shape index (κ3) is 2.97. The third-order valence-electron chi connectivity index (χ3n) is 3.00. The maximum absolute atomic E-state index is 13.1. The topological polar surface area (TPSA) is 12.9 Å². The Morgan fingerprint density at radius 3 is 2.19 bits per heavy atom. The van der Waals surface area contributed by atoms with E-state index >= 15 is 0 Å². The molecule has 3 aromatic rings. The number of alkyl halides is 3. The first-order chi connectivity index (χ1) is 10.0. The Balaban J connectivity index is 2.19. The summed E-state index contributed by atoms with van der Waals surface area (Å²) in [7, 11) is 0. The van der Waals surface area contributed by atoms with Crippen molar-refractivity contribution in [3.63, 3.8) is 0 Å². The summed E-state index contributed by atoms with van der Waals surface area (Å²) in [6, 6.07) is 14.6. The molecular weight excluding hydrogens is 295 g/mol. The quantitative estimate of drug-likeness (QED) is 0.609. The fourth-order valence-corrected chi connectivity index (χ4v) is 2.69. The minimum absolute atomic E-state index is 0.328. The molecular formula is C16H10F3NS. The molecule has 0 radical (unpaired) electrons. The number of hydrogen-bond donors (Lipinski definition) is 0. The van der Waals surface area contributed by atoms with E-state index in [4.69, 9.17) is 0 Å². The molecule has 0 bridgehead atoms. The van der Waals surface area contributed by atoms with Gasteiger partial charge in [-0.3, -0.25) is 0 Å². The van der Waals surface area contributed by atoms with Crippen LogP contribution in [0.5, 0.6) is 0 Å². The minimum atomic E-state index is -4.39. The van der Waals surface area contributed by atoms with E-state index in [2.05, 4.69) is 4.98 Å². The van der Waals surface area contributed by atoms with Crippen molar-refractivity contribution in [2.75, 3.05) is 0 Å². The molecule has 1 nitrogen and oxygen atoms in total. The van der Waals surface area contributed by atoms with Crippen molar-refractivity contribution in [2.24, 2.45) is 0 Å². The zero-order chi connectivity index (χ0) is 14.9. The summed E-state index contributed by atoms with van der Waals surface area (Å²) in [5.41, 5.74) is 0.661. The van der Waals surface area contributed by atoms with Crippen LogP contribution in [0.3, 0.4) is 0 Å². The first-order valence-corrected chi connectivity index (χ1v) is 7.10. The average Bonchev–Trinajstić information content (AvgIpc) is 3.01. The van der Waals surface area contributed by atoms with Crippen molar-refractivity contribution in [3.8, 4) is 21.8 Å². The van der Waals surface area contributed by atoms with Crippen LogP contribution in [0, 0.1) is 0 Å². The summed E-state index contributed by atoms with van der Waals surface area (Å²) in [5.74, 6) is 0. The SMILES string of the molecule is FC(F)(F)c1cc(-c2ccccc2)nc(-c2cccs2)c1. The number of rotatable bonds is 2. The number of nitrogens with zero attached hydrogens (tertiary/aromatic N) is 1. The van der Waals surface area contributed by atoms with Gasteiger partial charge in [-0.15, -0.1) is 11.3 Å². The molecule has 0 aliphatic rings. The van der Waals surface area contributed by atoms with E-state index in [0.717, 1.165) is 17.0 Å². The van der Waals surface area contributed by atoms with E-state index in [1.54, 1.807) is 36.4 Å². The molecule has 0 N–H and O–H groups in total. The van der Waals surface area contributed by atoms with E-state index in [1.165, 1.54) is 11.3 Å². The van der Waals surface area contributed by atoms with Gasteiger partial charge < -0.3 is 0 Å². The molecule has 3 rings (SSSR count). The number of thiophene rings is 1. The number of halogens is 3. The lowest BCUT2D eigenvalue weighted by Crippen LogP contribution is -2.06. The van der Waals surface area contributed by atoms with E-state index in [1.807, 2.05) is 11.4 Å². The van der Waals surface area contributed by atoms with Crippen LogP contribution in [0.2, 0.25) is 0 Å². The van der Waals surface area contributed by atoms with Crippen molar-refractivity contribution in [2.45, 2.75) is 6.18 Å². The first kappa shape index (κ1) is 13.8. The Kier molecular flexibility index (Phi) is 3.51. The molecule has 0 amide bonds. The van der Waals surface area contributed by atoms with Crippen LogP contribution in [-0.2, 0) is 6.18 Å². The molecule has 0 saturated heterocycles. The zero-order valence-corrected chi connectivity index (χ0v) is 11.6. The van der Waals surface area contributed by atoms with Crippen molar-refractivity contribution in [3.05, 3.63) is 65.5 Å². The van der Waals surface area contributed by atoms with E-state index in [0.29, 0.717) is 17.0 Å². The van der Waals surface area contributed by atoms with Gasteiger partial charge in [0.15, 0.2) is 0 Å². The second kappa shape index (κ2) is 5.33. The summed E-state index contributed by atoms with van der Waals surface area (Å²) in [6.07, 6.45) is -4.39. The van der Waals surface area contributed by atoms with Crippen molar-refractivity contribution in [1.82, 2.24) is 4.98 Å². The highest BCUT2D eigenvalue weighted by atomic mass is 32.1. The number of pyridine rings is 1. The number of aromatic nitrogens is 1. The van der Waals surface area contributed by atoms with Crippen LogP contribution >= 0.6 is 11.3 Å². The highest BCUT2D eigenvalue weighted by Gasteiger charge is 2.31. The number of benzene rings is 1. The molecule has 0 saturated carbocycles. The molecule has 0 fully saturated rings. The predicted octanol–water partition coefficient (Wildman–Crippen LogP) is 5.50.